The van der Waals surface area contributed by atoms with Crippen LogP contribution in [-0.4, -0.2) is 80.6 Å². The number of quaternary nitrogens is 1. The first-order valence-electron chi connectivity index (χ1n) is 23.8. The van der Waals surface area contributed by atoms with Gasteiger partial charge in [-0.05, 0) is 89.9 Å². The number of ether oxygens (including phenoxy) is 3. The third kappa shape index (κ3) is 41.4. The zero-order valence-corrected chi connectivity index (χ0v) is 39.3. The molecule has 0 fully saturated rings. The standard InChI is InChI=1S/C53H87NO7/c1-6-8-10-12-14-16-18-20-22-23-24-25-26-27-28-29-30-32-34-36-38-40-42-44-52(56)61-49(47-59-46-45-50(53(57)58)54(3,4)5)48-60-51(55)43-41-39-37-35-33-31-21-19-17-15-13-11-9-7-2/h8,10,14,16,20,22,24-25,27-28,30-33,36,38,49-50H,6-7,9,11-13,15,17-19,21,23,26,29,34-35,37,39-48H2,1-5H3/p+1/b10-8+,16-14+,22-20+,25-24+,28-27+,32-30+,33-31+,38-36+. The first-order valence-corrected chi connectivity index (χ1v) is 23.8. The number of hydrogen-bond donors (Lipinski definition) is 1. The third-order valence-electron chi connectivity index (χ3n) is 9.97. The second-order valence-corrected chi connectivity index (χ2v) is 16.6. The Kier molecular flexibility index (Phi) is 40.3. The summed E-state index contributed by atoms with van der Waals surface area (Å²) in [5.41, 5.74) is 0. The summed E-state index contributed by atoms with van der Waals surface area (Å²) in [4.78, 5) is 37.0. The lowest BCUT2D eigenvalue weighted by molar-refractivity contribution is -0.887. The lowest BCUT2D eigenvalue weighted by Crippen LogP contribution is -2.50. The molecule has 0 spiro atoms. The molecule has 0 aromatic carbocycles. The van der Waals surface area contributed by atoms with Gasteiger partial charge in [0, 0.05) is 19.3 Å². The van der Waals surface area contributed by atoms with Gasteiger partial charge in [0.1, 0.15) is 6.61 Å². The number of unbranched alkanes of at least 4 members (excludes halogenated alkanes) is 11. The second kappa shape index (κ2) is 42.9. The molecular formula is C53H88NO7+. The van der Waals surface area contributed by atoms with Crippen molar-refractivity contribution in [2.75, 3.05) is 41.0 Å². The Bertz CT molecular complexity index is 1310. The highest BCUT2D eigenvalue weighted by Gasteiger charge is 2.31. The molecular weight excluding hydrogens is 763 g/mol. The molecule has 2 atom stereocenters. The van der Waals surface area contributed by atoms with E-state index < -0.39 is 18.1 Å². The highest BCUT2D eigenvalue weighted by Crippen LogP contribution is 2.12. The Balaban J connectivity index is 4.45. The van der Waals surface area contributed by atoms with E-state index in [0.29, 0.717) is 19.3 Å². The number of allylic oxidation sites excluding steroid dienone is 16. The summed E-state index contributed by atoms with van der Waals surface area (Å²) < 4.78 is 17.2. The van der Waals surface area contributed by atoms with Gasteiger partial charge in [-0.25, -0.2) is 4.79 Å². The number of aliphatic carboxylic acids is 1. The van der Waals surface area contributed by atoms with Crippen molar-refractivity contribution in [2.45, 2.75) is 180 Å². The van der Waals surface area contributed by atoms with Crippen LogP contribution in [0.15, 0.2) is 97.2 Å². The molecule has 0 bridgehead atoms. The predicted octanol–water partition coefficient (Wildman–Crippen LogP) is 13.5. The molecule has 2 unspecified atom stereocenters. The van der Waals surface area contributed by atoms with Crippen molar-refractivity contribution in [1.29, 1.82) is 0 Å². The first kappa shape index (κ1) is 57.2. The molecule has 0 amide bonds. The van der Waals surface area contributed by atoms with Crippen LogP contribution in [0.3, 0.4) is 0 Å². The molecule has 0 aromatic heterocycles. The topological polar surface area (TPSA) is 99.1 Å². The van der Waals surface area contributed by atoms with Gasteiger partial charge in [-0.2, -0.15) is 0 Å². The average Bonchev–Trinajstić information content (AvgIpc) is 3.22. The molecule has 8 nitrogen and oxygen atoms in total. The fourth-order valence-electron chi connectivity index (χ4n) is 6.31. The van der Waals surface area contributed by atoms with Gasteiger partial charge in [0.05, 0.1) is 34.4 Å². The highest BCUT2D eigenvalue weighted by molar-refractivity contribution is 5.72. The number of likely N-dealkylation sites (N-methyl/N-ethyl adjacent to an activating group) is 1. The molecule has 0 radical (unpaired) electrons. The molecule has 0 aromatic rings. The van der Waals surface area contributed by atoms with E-state index in [-0.39, 0.29) is 42.7 Å². The van der Waals surface area contributed by atoms with Gasteiger partial charge in [0.25, 0.3) is 0 Å². The fraction of sp³-hybridized carbons (Fsp3) is 0.642. The average molecular weight is 851 g/mol. The van der Waals surface area contributed by atoms with Crippen molar-refractivity contribution >= 4 is 17.9 Å². The summed E-state index contributed by atoms with van der Waals surface area (Å²) in [5.74, 6) is -1.58. The number of esters is 2. The molecule has 8 heteroatoms. The maximum Gasteiger partial charge on any atom is 0.362 e. The van der Waals surface area contributed by atoms with E-state index in [4.69, 9.17) is 14.2 Å². The van der Waals surface area contributed by atoms with E-state index in [1.54, 1.807) is 0 Å². The van der Waals surface area contributed by atoms with E-state index in [1.165, 1.54) is 44.9 Å². The van der Waals surface area contributed by atoms with E-state index in [9.17, 15) is 19.5 Å². The summed E-state index contributed by atoms with van der Waals surface area (Å²) in [6, 6.07) is -0.633. The van der Waals surface area contributed by atoms with Crippen molar-refractivity contribution in [1.82, 2.24) is 0 Å². The van der Waals surface area contributed by atoms with Crippen LogP contribution in [0, 0.1) is 0 Å². The highest BCUT2D eigenvalue weighted by atomic mass is 16.6. The molecule has 0 saturated heterocycles. The van der Waals surface area contributed by atoms with Gasteiger partial charge < -0.3 is 23.8 Å². The number of rotatable bonds is 41. The van der Waals surface area contributed by atoms with Gasteiger partial charge >= 0.3 is 17.9 Å². The number of carboxylic acids is 1. The minimum absolute atomic E-state index is 0.0273. The van der Waals surface area contributed by atoms with E-state index in [1.807, 2.05) is 21.1 Å². The lowest BCUT2D eigenvalue weighted by atomic mass is 10.1. The van der Waals surface area contributed by atoms with E-state index >= 15 is 0 Å². The van der Waals surface area contributed by atoms with Crippen molar-refractivity contribution in [3.05, 3.63) is 97.2 Å². The monoisotopic (exact) mass is 851 g/mol. The number of hydrogen-bond acceptors (Lipinski definition) is 6. The summed E-state index contributed by atoms with van der Waals surface area (Å²) in [6.45, 7) is 4.52. The van der Waals surface area contributed by atoms with E-state index in [0.717, 1.165) is 83.5 Å². The maximum atomic E-state index is 12.7. The van der Waals surface area contributed by atoms with Crippen molar-refractivity contribution in [3.8, 4) is 0 Å². The molecule has 61 heavy (non-hydrogen) atoms. The zero-order valence-electron chi connectivity index (χ0n) is 39.3. The molecule has 0 saturated carbocycles. The Hall–Kier alpha value is -3.75. The summed E-state index contributed by atoms with van der Waals surface area (Å²) in [5, 5.41) is 9.63. The third-order valence-corrected chi connectivity index (χ3v) is 9.97. The molecule has 1 N–H and O–H groups in total. The smallest absolute Gasteiger partial charge is 0.362 e. The number of carboxylic acid groups (broad SMARTS) is 1. The fourth-order valence-corrected chi connectivity index (χ4v) is 6.31. The summed E-state index contributed by atoms with van der Waals surface area (Å²) >= 11 is 0. The quantitative estimate of drug-likeness (QED) is 0.0283. The normalized spacial score (nSPS) is 13.8. The van der Waals surface area contributed by atoms with Crippen LogP contribution in [0.4, 0.5) is 0 Å². The van der Waals surface area contributed by atoms with Crippen LogP contribution in [0.5, 0.6) is 0 Å². The zero-order chi connectivity index (χ0) is 44.9. The molecule has 0 aliphatic heterocycles. The minimum Gasteiger partial charge on any atom is -0.477 e. The largest absolute Gasteiger partial charge is 0.477 e. The molecule has 0 aliphatic carbocycles. The van der Waals surface area contributed by atoms with Crippen molar-refractivity contribution in [3.63, 3.8) is 0 Å². The Morgan fingerprint density at radius 3 is 1.43 bits per heavy atom. The number of carbonyl (C=O) groups is 3. The predicted molar refractivity (Wildman–Crippen MR) is 256 cm³/mol. The molecule has 0 rings (SSSR count). The van der Waals surface area contributed by atoms with Crippen LogP contribution in [0.25, 0.3) is 0 Å². The van der Waals surface area contributed by atoms with Gasteiger partial charge in [0.15, 0.2) is 12.1 Å². The van der Waals surface area contributed by atoms with Crippen LogP contribution in [0.2, 0.25) is 0 Å². The van der Waals surface area contributed by atoms with E-state index in [2.05, 4.69) is 111 Å². The van der Waals surface area contributed by atoms with Crippen molar-refractivity contribution < 1.29 is 38.2 Å². The van der Waals surface area contributed by atoms with Crippen LogP contribution >= 0.6 is 0 Å². The minimum atomic E-state index is -0.890. The number of carbonyl (C=O) groups excluding carboxylic acids is 2. The maximum absolute atomic E-state index is 12.7. The lowest BCUT2D eigenvalue weighted by Gasteiger charge is -2.31. The van der Waals surface area contributed by atoms with Crippen LogP contribution < -0.4 is 0 Å². The Labute approximate surface area is 373 Å². The molecule has 0 heterocycles. The molecule has 0 aliphatic rings. The Morgan fingerprint density at radius 2 is 0.934 bits per heavy atom. The summed E-state index contributed by atoms with van der Waals surface area (Å²) in [7, 11) is 5.49. The van der Waals surface area contributed by atoms with Crippen LogP contribution in [0.1, 0.15) is 168 Å². The SMILES string of the molecule is CC/C=C/C/C=C/C/C=C/C/C=C/C/C=C/C/C=C/C/C=C/CCCC(=O)OC(COCCC(C(=O)O)[N+](C)(C)C)COC(=O)CCCCC/C=C/CCCCCCCCC. The summed E-state index contributed by atoms with van der Waals surface area (Å²) in [6.07, 6.45) is 57.5. The molecule has 346 valence electrons. The first-order chi connectivity index (χ1) is 29.6. The van der Waals surface area contributed by atoms with Gasteiger partial charge in [-0.3, -0.25) is 9.59 Å². The van der Waals surface area contributed by atoms with Gasteiger partial charge in [0.2, 0.25) is 0 Å². The number of nitrogens with zero attached hydrogens (tertiary/aromatic N) is 1. The van der Waals surface area contributed by atoms with Gasteiger partial charge in [-0.15, -0.1) is 0 Å². The van der Waals surface area contributed by atoms with Crippen LogP contribution in [-0.2, 0) is 28.6 Å². The Morgan fingerprint density at radius 1 is 0.508 bits per heavy atom. The van der Waals surface area contributed by atoms with Crippen molar-refractivity contribution in [2.24, 2.45) is 0 Å². The van der Waals surface area contributed by atoms with Gasteiger partial charge in [-0.1, -0.05) is 156 Å². The second-order valence-electron chi connectivity index (χ2n) is 16.6.